The topological polar surface area (TPSA) is 63.6 Å². The summed E-state index contributed by atoms with van der Waals surface area (Å²) in [6.45, 7) is 4.60. The largest absolute Gasteiger partial charge is 0.458 e. The molecule has 1 spiro atoms. The lowest BCUT2D eigenvalue weighted by Gasteiger charge is -2.65. The molecule has 0 unspecified atom stereocenters. The van der Waals surface area contributed by atoms with Crippen LogP contribution in [-0.4, -0.2) is 28.1 Å². The Morgan fingerprint density at radius 1 is 0.885 bits per heavy atom. The van der Waals surface area contributed by atoms with Crippen LogP contribution < -0.4 is 0 Å². The monoisotopic (exact) mass is 360 g/mol. The Bertz CT molecular complexity index is 673. The molecule has 0 amide bonds. The van der Waals surface area contributed by atoms with Gasteiger partial charge in [-0.25, -0.2) is 0 Å². The molecule has 144 valence electrons. The number of rotatable bonds is 0. The SMILES string of the molecule is C[C@]12CC[C@@]3(O)[C@@H](CC[C@H]4CC(=O)CC[C@@]43C)[C@@H]1CC[C@@]21CCC(=O)O1. The summed E-state index contributed by atoms with van der Waals surface area (Å²) in [5.41, 5.74) is -1.07. The van der Waals surface area contributed by atoms with E-state index in [4.69, 9.17) is 4.74 Å². The van der Waals surface area contributed by atoms with Gasteiger partial charge in [-0.2, -0.15) is 0 Å². The average Bonchev–Trinajstić information content (AvgIpc) is 3.11. The number of carbonyl (C=O) groups is 2. The van der Waals surface area contributed by atoms with Crippen LogP contribution in [-0.2, 0) is 14.3 Å². The molecular weight excluding hydrogens is 328 g/mol. The van der Waals surface area contributed by atoms with E-state index in [0.29, 0.717) is 36.9 Å². The van der Waals surface area contributed by atoms with E-state index in [0.717, 1.165) is 51.4 Å². The van der Waals surface area contributed by atoms with Crippen LogP contribution in [0.25, 0.3) is 0 Å². The lowest BCUT2D eigenvalue weighted by Crippen LogP contribution is -2.66. The van der Waals surface area contributed by atoms with Crippen LogP contribution in [0.2, 0.25) is 0 Å². The predicted octanol–water partition coefficient (Wildman–Crippen LogP) is 3.79. The summed E-state index contributed by atoms with van der Waals surface area (Å²) in [7, 11) is 0. The fraction of sp³-hybridized carbons (Fsp3) is 0.909. The third-order valence-electron chi connectivity index (χ3n) is 10.00. The summed E-state index contributed by atoms with van der Waals surface area (Å²) < 4.78 is 5.98. The molecule has 1 N–H and O–H groups in total. The second-order valence-electron chi connectivity index (χ2n) is 10.5. The highest BCUT2D eigenvalue weighted by Gasteiger charge is 2.71. The third kappa shape index (κ3) is 1.85. The maximum atomic E-state index is 12.1. The van der Waals surface area contributed by atoms with Gasteiger partial charge < -0.3 is 9.84 Å². The molecule has 4 aliphatic carbocycles. The maximum absolute atomic E-state index is 12.1. The first-order chi connectivity index (χ1) is 12.2. The van der Waals surface area contributed by atoms with E-state index in [-0.39, 0.29) is 28.3 Å². The van der Waals surface area contributed by atoms with Crippen LogP contribution in [0.3, 0.4) is 0 Å². The van der Waals surface area contributed by atoms with E-state index in [2.05, 4.69) is 13.8 Å². The molecule has 0 bridgehead atoms. The zero-order valence-electron chi connectivity index (χ0n) is 16.2. The summed E-state index contributed by atoms with van der Waals surface area (Å²) in [5.74, 6) is 1.41. The zero-order valence-corrected chi connectivity index (χ0v) is 16.2. The average molecular weight is 360 g/mol. The van der Waals surface area contributed by atoms with Gasteiger partial charge in [0.25, 0.3) is 0 Å². The van der Waals surface area contributed by atoms with Gasteiger partial charge in [-0.1, -0.05) is 13.8 Å². The fourth-order valence-electron chi connectivity index (χ4n) is 8.29. The van der Waals surface area contributed by atoms with E-state index in [1.54, 1.807) is 0 Å². The van der Waals surface area contributed by atoms with Gasteiger partial charge >= 0.3 is 5.97 Å². The predicted molar refractivity (Wildman–Crippen MR) is 96.3 cm³/mol. The van der Waals surface area contributed by atoms with Gasteiger partial charge in [0.05, 0.1) is 5.60 Å². The van der Waals surface area contributed by atoms with E-state index in [1.807, 2.05) is 0 Å². The van der Waals surface area contributed by atoms with Gasteiger partial charge in [0, 0.05) is 30.1 Å². The Kier molecular flexibility index (Phi) is 3.39. The third-order valence-corrected chi connectivity index (χ3v) is 10.00. The number of carbonyl (C=O) groups excluding carboxylic acids is 2. The summed E-state index contributed by atoms with van der Waals surface area (Å²) in [4.78, 5) is 24.0. The molecular formula is C22H32O4. The molecule has 4 nitrogen and oxygen atoms in total. The number of hydrogen-bond acceptors (Lipinski definition) is 4. The van der Waals surface area contributed by atoms with E-state index < -0.39 is 5.60 Å². The number of aliphatic hydroxyl groups is 1. The molecule has 5 fully saturated rings. The van der Waals surface area contributed by atoms with Crippen LogP contribution in [0.15, 0.2) is 0 Å². The molecule has 4 heteroatoms. The Morgan fingerprint density at radius 2 is 1.69 bits per heavy atom. The van der Waals surface area contributed by atoms with Crippen molar-refractivity contribution < 1.29 is 19.4 Å². The van der Waals surface area contributed by atoms with Crippen molar-refractivity contribution in [2.75, 3.05) is 0 Å². The first kappa shape index (κ1) is 17.2. The number of ketones is 1. The Morgan fingerprint density at radius 3 is 2.42 bits per heavy atom. The smallest absolute Gasteiger partial charge is 0.306 e. The van der Waals surface area contributed by atoms with E-state index in [9.17, 15) is 14.7 Å². The van der Waals surface area contributed by atoms with Crippen molar-refractivity contribution >= 4 is 11.8 Å². The molecule has 0 aromatic heterocycles. The number of hydrogen-bond donors (Lipinski definition) is 1. The van der Waals surface area contributed by atoms with Crippen LogP contribution in [0, 0.1) is 28.6 Å². The van der Waals surface area contributed by atoms with Crippen molar-refractivity contribution in [1.82, 2.24) is 0 Å². The summed E-state index contributed by atoms with van der Waals surface area (Å²) in [5, 5.41) is 12.1. The minimum atomic E-state index is -0.658. The van der Waals surface area contributed by atoms with Gasteiger partial charge in [0.1, 0.15) is 11.4 Å². The number of esters is 1. The Balaban J connectivity index is 1.51. The summed E-state index contributed by atoms with van der Waals surface area (Å²) in [6, 6.07) is 0. The lowest BCUT2D eigenvalue weighted by molar-refractivity contribution is -0.243. The second-order valence-corrected chi connectivity index (χ2v) is 10.5. The number of fused-ring (bicyclic) bond motifs is 6. The zero-order chi connectivity index (χ0) is 18.4. The summed E-state index contributed by atoms with van der Waals surface area (Å²) in [6.07, 6.45) is 9.40. The molecule has 5 rings (SSSR count). The normalized spacial score (nSPS) is 56.0. The Hall–Kier alpha value is -0.900. The number of ether oxygens (including phenoxy) is 1. The van der Waals surface area contributed by atoms with Gasteiger partial charge in [-0.05, 0) is 69.1 Å². The molecule has 1 saturated heterocycles. The molecule has 0 aromatic carbocycles. The summed E-state index contributed by atoms with van der Waals surface area (Å²) >= 11 is 0. The van der Waals surface area contributed by atoms with Crippen molar-refractivity contribution in [2.45, 2.75) is 95.7 Å². The highest BCUT2D eigenvalue weighted by atomic mass is 16.6. The standard InChI is InChI=1S/C22H32O4/c1-19-8-5-15(23)13-14(19)3-4-17-16-6-9-21(10-7-18(24)26-21)20(16,2)11-12-22(17,19)25/h14,16-17,25H,3-13H2,1-2H3/t14-,16-,17-,19-,20-,21+,22+/m0/s1. The van der Waals surface area contributed by atoms with Gasteiger partial charge in [-0.3, -0.25) is 9.59 Å². The quantitative estimate of drug-likeness (QED) is 0.668. The highest BCUT2D eigenvalue weighted by Crippen LogP contribution is 2.71. The molecule has 0 radical (unpaired) electrons. The Labute approximate surface area is 156 Å². The van der Waals surface area contributed by atoms with Gasteiger partial charge in [0.2, 0.25) is 0 Å². The van der Waals surface area contributed by atoms with Gasteiger partial charge in [-0.15, -0.1) is 0 Å². The number of Topliss-reactive ketones (excluding diaryl/α,β-unsaturated/α-hetero) is 1. The first-order valence-corrected chi connectivity index (χ1v) is 10.7. The van der Waals surface area contributed by atoms with Crippen molar-refractivity contribution in [3.05, 3.63) is 0 Å². The van der Waals surface area contributed by atoms with Crippen LogP contribution in [0.1, 0.15) is 84.5 Å². The van der Waals surface area contributed by atoms with Crippen LogP contribution in [0.4, 0.5) is 0 Å². The van der Waals surface area contributed by atoms with Crippen molar-refractivity contribution in [1.29, 1.82) is 0 Å². The minimum absolute atomic E-state index is 0.00371. The maximum Gasteiger partial charge on any atom is 0.306 e. The van der Waals surface area contributed by atoms with Crippen LogP contribution >= 0.6 is 0 Å². The molecule has 1 aliphatic heterocycles. The molecule has 0 aromatic rings. The van der Waals surface area contributed by atoms with Crippen molar-refractivity contribution in [3.63, 3.8) is 0 Å². The fourth-order valence-corrected chi connectivity index (χ4v) is 8.29. The van der Waals surface area contributed by atoms with E-state index in [1.165, 1.54) is 0 Å². The lowest BCUT2D eigenvalue weighted by atomic mass is 9.42. The molecule has 1 heterocycles. The minimum Gasteiger partial charge on any atom is -0.458 e. The van der Waals surface area contributed by atoms with Crippen molar-refractivity contribution in [3.8, 4) is 0 Å². The van der Waals surface area contributed by atoms with E-state index >= 15 is 0 Å². The molecule has 7 atom stereocenters. The molecule has 26 heavy (non-hydrogen) atoms. The molecule has 4 saturated carbocycles. The van der Waals surface area contributed by atoms with Crippen molar-refractivity contribution in [2.24, 2.45) is 28.6 Å². The first-order valence-electron chi connectivity index (χ1n) is 10.7. The second kappa shape index (κ2) is 5.12. The van der Waals surface area contributed by atoms with Crippen LogP contribution in [0.5, 0.6) is 0 Å². The molecule has 5 aliphatic rings. The van der Waals surface area contributed by atoms with Gasteiger partial charge in [0.15, 0.2) is 0 Å². The highest BCUT2D eigenvalue weighted by molar-refractivity contribution is 5.79.